The molecule has 1 atom stereocenters. The molecule has 3 rings (SSSR count). The zero-order valence-electron chi connectivity index (χ0n) is 12.7. The lowest BCUT2D eigenvalue weighted by molar-refractivity contribution is -0.135. The monoisotopic (exact) mass is 288 g/mol. The lowest BCUT2D eigenvalue weighted by Gasteiger charge is -2.30. The van der Waals surface area contributed by atoms with Gasteiger partial charge in [0.05, 0.1) is 13.2 Å². The first-order valence-electron chi connectivity index (χ1n) is 7.99. The fourth-order valence-corrected chi connectivity index (χ4v) is 3.27. The number of ether oxygens (including phenoxy) is 1. The normalized spacial score (nSPS) is 19.8. The number of amides is 1. The molecule has 1 N–H and O–H groups in total. The fraction of sp³-hybridized carbons (Fsp3) is 0.588. The number of benzene rings is 1. The Morgan fingerprint density at radius 2 is 2.00 bits per heavy atom. The second-order valence-corrected chi connectivity index (χ2v) is 5.95. The third kappa shape index (κ3) is 3.21. The van der Waals surface area contributed by atoms with Crippen LogP contribution in [0.4, 0.5) is 5.69 Å². The minimum atomic E-state index is -0.184. The second kappa shape index (κ2) is 6.48. The summed E-state index contributed by atoms with van der Waals surface area (Å²) >= 11 is 0. The molecule has 1 saturated heterocycles. The van der Waals surface area contributed by atoms with Crippen LogP contribution < -0.4 is 5.32 Å². The van der Waals surface area contributed by atoms with Gasteiger partial charge in [-0.25, -0.2) is 0 Å². The standard InChI is InChI=1S/C17H24N2O2/c1-13(17(20)19-9-11-21-12-10-19)18-16-8-4-6-14-5-2-3-7-15(14)16/h4,6,8,13,18H,2-3,5,7,9-12H2,1H3. The number of aryl methyl sites for hydroxylation is 1. The number of nitrogens with zero attached hydrogens (tertiary/aromatic N) is 1. The Kier molecular flexibility index (Phi) is 4.44. The second-order valence-electron chi connectivity index (χ2n) is 5.95. The number of rotatable bonds is 3. The summed E-state index contributed by atoms with van der Waals surface area (Å²) < 4.78 is 5.31. The van der Waals surface area contributed by atoms with Crippen LogP contribution in [-0.2, 0) is 22.4 Å². The minimum Gasteiger partial charge on any atom is -0.378 e. The molecule has 0 aromatic heterocycles. The predicted octanol–water partition coefficient (Wildman–Crippen LogP) is 2.22. The first kappa shape index (κ1) is 14.4. The molecule has 1 unspecified atom stereocenters. The van der Waals surface area contributed by atoms with E-state index in [1.807, 2.05) is 11.8 Å². The van der Waals surface area contributed by atoms with Gasteiger partial charge in [0.15, 0.2) is 0 Å². The van der Waals surface area contributed by atoms with E-state index in [1.54, 1.807) is 0 Å². The Labute approximate surface area is 126 Å². The summed E-state index contributed by atoms with van der Waals surface area (Å²) in [5, 5.41) is 3.44. The molecular weight excluding hydrogens is 264 g/mol. The molecule has 0 saturated carbocycles. The highest BCUT2D eigenvalue weighted by molar-refractivity contribution is 5.84. The van der Waals surface area contributed by atoms with Crippen LogP contribution in [0.15, 0.2) is 18.2 Å². The van der Waals surface area contributed by atoms with Gasteiger partial charge < -0.3 is 15.0 Å². The topological polar surface area (TPSA) is 41.6 Å². The molecule has 0 radical (unpaired) electrons. The highest BCUT2D eigenvalue weighted by atomic mass is 16.5. The van der Waals surface area contributed by atoms with Gasteiger partial charge in [0.1, 0.15) is 6.04 Å². The van der Waals surface area contributed by atoms with Crippen LogP contribution in [0.5, 0.6) is 0 Å². The quantitative estimate of drug-likeness (QED) is 0.927. The number of carbonyl (C=O) groups is 1. The van der Waals surface area contributed by atoms with Gasteiger partial charge in [0.25, 0.3) is 0 Å². The third-order valence-electron chi connectivity index (χ3n) is 4.46. The van der Waals surface area contributed by atoms with E-state index in [0.29, 0.717) is 26.3 Å². The molecule has 1 aliphatic carbocycles. The third-order valence-corrected chi connectivity index (χ3v) is 4.46. The van der Waals surface area contributed by atoms with Gasteiger partial charge in [-0.1, -0.05) is 12.1 Å². The lowest BCUT2D eigenvalue weighted by Crippen LogP contribution is -2.47. The molecule has 4 nitrogen and oxygen atoms in total. The van der Waals surface area contributed by atoms with Crippen molar-refractivity contribution in [2.24, 2.45) is 0 Å². The van der Waals surface area contributed by atoms with Crippen molar-refractivity contribution in [2.45, 2.75) is 38.6 Å². The van der Waals surface area contributed by atoms with Crippen molar-refractivity contribution in [1.82, 2.24) is 4.90 Å². The van der Waals surface area contributed by atoms with Crippen molar-refractivity contribution in [3.63, 3.8) is 0 Å². The Morgan fingerprint density at radius 1 is 1.24 bits per heavy atom. The Hall–Kier alpha value is -1.55. The summed E-state index contributed by atoms with van der Waals surface area (Å²) in [4.78, 5) is 14.4. The van der Waals surface area contributed by atoms with E-state index in [-0.39, 0.29) is 11.9 Å². The van der Waals surface area contributed by atoms with Gasteiger partial charge in [0, 0.05) is 18.8 Å². The molecule has 1 fully saturated rings. The van der Waals surface area contributed by atoms with Gasteiger partial charge in [-0.2, -0.15) is 0 Å². The van der Waals surface area contributed by atoms with Gasteiger partial charge in [0.2, 0.25) is 5.91 Å². The number of hydrogen-bond donors (Lipinski definition) is 1. The summed E-state index contributed by atoms with van der Waals surface area (Å²) in [6.45, 7) is 4.67. The number of hydrogen-bond acceptors (Lipinski definition) is 3. The lowest BCUT2D eigenvalue weighted by atomic mass is 9.90. The zero-order valence-corrected chi connectivity index (χ0v) is 12.7. The molecule has 1 aromatic carbocycles. The Morgan fingerprint density at radius 3 is 2.81 bits per heavy atom. The van der Waals surface area contributed by atoms with Crippen LogP contribution in [0.3, 0.4) is 0 Å². The zero-order chi connectivity index (χ0) is 14.7. The van der Waals surface area contributed by atoms with Crippen molar-refractivity contribution in [3.05, 3.63) is 29.3 Å². The molecular formula is C17H24N2O2. The summed E-state index contributed by atoms with van der Waals surface area (Å²) in [7, 11) is 0. The molecule has 1 aromatic rings. The first-order chi connectivity index (χ1) is 10.3. The maximum absolute atomic E-state index is 12.5. The van der Waals surface area contributed by atoms with E-state index < -0.39 is 0 Å². The fourth-order valence-electron chi connectivity index (χ4n) is 3.27. The Balaban J connectivity index is 1.69. The smallest absolute Gasteiger partial charge is 0.244 e. The van der Waals surface area contributed by atoms with Gasteiger partial charge in [-0.15, -0.1) is 0 Å². The molecule has 1 amide bonds. The molecule has 0 spiro atoms. The highest BCUT2D eigenvalue weighted by Crippen LogP contribution is 2.28. The summed E-state index contributed by atoms with van der Waals surface area (Å²) in [5.74, 6) is 0.173. The summed E-state index contributed by atoms with van der Waals surface area (Å²) in [6.07, 6.45) is 4.81. The largest absolute Gasteiger partial charge is 0.378 e. The molecule has 0 bridgehead atoms. The van der Waals surface area contributed by atoms with Crippen molar-refractivity contribution in [3.8, 4) is 0 Å². The van der Waals surface area contributed by atoms with Crippen LogP contribution in [-0.4, -0.2) is 43.2 Å². The SMILES string of the molecule is CC(Nc1cccc2c1CCCC2)C(=O)N1CCOCC1. The highest BCUT2D eigenvalue weighted by Gasteiger charge is 2.23. The van der Waals surface area contributed by atoms with Crippen molar-refractivity contribution in [1.29, 1.82) is 0 Å². The van der Waals surface area contributed by atoms with Crippen molar-refractivity contribution in [2.75, 3.05) is 31.6 Å². The maximum atomic E-state index is 12.5. The van der Waals surface area contributed by atoms with Crippen LogP contribution in [0.25, 0.3) is 0 Å². The van der Waals surface area contributed by atoms with E-state index >= 15 is 0 Å². The molecule has 114 valence electrons. The van der Waals surface area contributed by atoms with Gasteiger partial charge in [-0.3, -0.25) is 4.79 Å². The van der Waals surface area contributed by atoms with E-state index in [0.717, 1.165) is 18.5 Å². The van der Waals surface area contributed by atoms with E-state index in [9.17, 15) is 4.79 Å². The van der Waals surface area contributed by atoms with Crippen LogP contribution in [0.2, 0.25) is 0 Å². The van der Waals surface area contributed by atoms with Crippen LogP contribution >= 0.6 is 0 Å². The van der Waals surface area contributed by atoms with Gasteiger partial charge >= 0.3 is 0 Å². The van der Waals surface area contributed by atoms with E-state index in [2.05, 4.69) is 23.5 Å². The number of nitrogens with one attached hydrogen (secondary N) is 1. The van der Waals surface area contributed by atoms with Crippen molar-refractivity contribution >= 4 is 11.6 Å². The van der Waals surface area contributed by atoms with E-state index in [4.69, 9.17) is 4.74 Å². The number of anilines is 1. The number of morpholine rings is 1. The molecule has 1 aliphatic heterocycles. The summed E-state index contributed by atoms with van der Waals surface area (Å²) in [6, 6.07) is 6.23. The first-order valence-corrected chi connectivity index (χ1v) is 7.99. The molecule has 1 heterocycles. The average Bonchev–Trinajstić information content (AvgIpc) is 2.55. The van der Waals surface area contributed by atoms with Crippen molar-refractivity contribution < 1.29 is 9.53 Å². The summed E-state index contributed by atoms with van der Waals surface area (Å²) in [5.41, 5.74) is 3.99. The van der Waals surface area contributed by atoms with Crippen LogP contribution in [0.1, 0.15) is 30.9 Å². The molecule has 21 heavy (non-hydrogen) atoms. The van der Waals surface area contributed by atoms with Gasteiger partial charge in [-0.05, 0) is 49.8 Å². The van der Waals surface area contributed by atoms with E-state index in [1.165, 1.54) is 24.0 Å². The average molecular weight is 288 g/mol. The maximum Gasteiger partial charge on any atom is 0.244 e. The number of carbonyl (C=O) groups excluding carboxylic acids is 1. The minimum absolute atomic E-state index is 0.173. The Bertz CT molecular complexity index is 510. The molecule has 4 heteroatoms. The van der Waals surface area contributed by atoms with Crippen LogP contribution in [0, 0.1) is 0 Å². The molecule has 2 aliphatic rings. The number of fused-ring (bicyclic) bond motifs is 1. The predicted molar refractivity (Wildman–Crippen MR) is 83.6 cm³/mol.